The van der Waals surface area contributed by atoms with Crippen LogP contribution in [0.4, 0.5) is 0 Å². The van der Waals surface area contributed by atoms with E-state index in [9.17, 15) is 4.79 Å². The minimum Gasteiger partial charge on any atom is -0.381 e. The number of benzene rings is 3. The standard InChI is InChI=1S/C26H26ClNO2S/c27-23-10-12-24(13-11-23)31-18-20-6-8-21(9-7-20)25(29)28-19-26(14-16-30-17-15-26)22-4-2-1-3-5-22/h1-13H,14-19H2,(H,28,29). The van der Waals surface area contributed by atoms with Gasteiger partial charge in [0.2, 0.25) is 0 Å². The van der Waals surface area contributed by atoms with Crippen molar-refractivity contribution in [2.45, 2.75) is 28.9 Å². The molecule has 4 rings (SSSR count). The SMILES string of the molecule is O=C(NCC1(c2ccccc2)CCOCC1)c1ccc(CSc2ccc(Cl)cc2)cc1. The molecule has 0 aliphatic carbocycles. The number of hydrogen-bond acceptors (Lipinski definition) is 3. The highest BCUT2D eigenvalue weighted by Gasteiger charge is 2.34. The van der Waals surface area contributed by atoms with Crippen molar-refractivity contribution in [3.8, 4) is 0 Å². The Balaban J connectivity index is 1.36. The minimum absolute atomic E-state index is 0.0290. The molecule has 5 heteroatoms. The number of nitrogens with one attached hydrogen (secondary N) is 1. The van der Waals surface area contributed by atoms with Gasteiger partial charge in [-0.1, -0.05) is 54.1 Å². The van der Waals surface area contributed by atoms with Crippen LogP contribution < -0.4 is 5.32 Å². The molecule has 0 spiro atoms. The molecule has 0 atom stereocenters. The van der Waals surface area contributed by atoms with Crippen LogP contribution in [0.5, 0.6) is 0 Å². The third-order valence-electron chi connectivity index (χ3n) is 5.86. The van der Waals surface area contributed by atoms with Crippen LogP contribution >= 0.6 is 23.4 Å². The minimum atomic E-state index is -0.0651. The molecule has 1 heterocycles. The number of ether oxygens (including phenoxy) is 1. The van der Waals surface area contributed by atoms with E-state index in [1.807, 2.05) is 54.6 Å². The Morgan fingerprint density at radius 2 is 1.61 bits per heavy atom. The molecule has 3 nitrogen and oxygen atoms in total. The maximum atomic E-state index is 12.8. The van der Waals surface area contributed by atoms with Crippen molar-refractivity contribution in [1.29, 1.82) is 0 Å². The first-order valence-corrected chi connectivity index (χ1v) is 11.9. The zero-order valence-corrected chi connectivity index (χ0v) is 18.9. The fourth-order valence-corrected chi connectivity index (χ4v) is 4.90. The van der Waals surface area contributed by atoms with Crippen molar-refractivity contribution >= 4 is 29.3 Å². The summed E-state index contributed by atoms with van der Waals surface area (Å²) < 4.78 is 5.59. The van der Waals surface area contributed by atoms with Crippen LogP contribution in [0.2, 0.25) is 5.02 Å². The molecule has 0 unspecified atom stereocenters. The fourth-order valence-electron chi connectivity index (χ4n) is 3.92. The number of hydrogen-bond donors (Lipinski definition) is 1. The van der Waals surface area contributed by atoms with E-state index >= 15 is 0 Å². The van der Waals surface area contributed by atoms with Gasteiger partial charge in [0.05, 0.1) is 0 Å². The Morgan fingerprint density at radius 3 is 2.29 bits per heavy atom. The zero-order valence-electron chi connectivity index (χ0n) is 17.4. The summed E-state index contributed by atoms with van der Waals surface area (Å²) in [6.45, 7) is 2.07. The van der Waals surface area contributed by atoms with Crippen molar-refractivity contribution in [3.63, 3.8) is 0 Å². The molecule has 160 valence electrons. The van der Waals surface area contributed by atoms with E-state index in [1.54, 1.807) is 11.8 Å². The predicted molar refractivity (Wildman–Crippen MR) is 128 cm³/mol. The Bertz CT molecular complexity index is 984. The maximum absolute atomic E-state index is 12.8. The molecule has 1 saturated heterocycles. The molecule has 0 bridgehead atoms. The van der Waals surface area contributed by atoms with Crippen molar-refractivity contribution in [3.05, 3.63) is 101 Å². The lowest BCUT2D eigenvalue weighted by molar-refractivity contribution is 0.0487. The molecular weight excluding hydrogens is 426 g/mol. The largest absolute Gasteiger partial charge is 0.381 e. The van der Waals surface area contributed by atoms with Gasteiger partial charge in [-0.2, -0.15) is 0 Å². The highest BCUT2D eigenvalue weighted by molar-refractivity contribution is 7.98. The van der Waals surface area contributed by atoms with Gasteiger partial charge in [-0.3, -0.25) is 4.79 Å². The van der Waals surface area contributed by atoms with E-state index < -0.39 is 0 Å². The lowest BCUT2D eigenvalue weighted by Crippen LogP contribution is -2.44. The van der Waals surface area contributed by atoms with E-state index in [2.05, 4.69) is 29.6 Å². The van der Waals surface area contributed by atoms with Crippen molar-refractivity contribution in [2.24, 2.45) is 0 Å². The van der Waals surface area contributed by atoms with Gasteiger partial charge in [-0.15, -0.1) is 11.8 Å². The molecule has 0 saturated carbocycles. The average Bonchev–Trinajstić information content (AvgIpc) is 2.84. The first-order chi connectivity index (χ1) is 15.1. The summed E-state index contributed by atoms with van der Waals surface area (Å²) in [5.74, 6) is 0.819. The van der Waals surface area contributed by atoms with Crippen LogP contribution in [0.1, 0.15) is 34.3 Å². The third kappa shape index (κ3) is 5.70. The molecule has 1 fully saturated rings. The summed E-state index contributed by atoms with van der Waals surface area (Å²) in [6, 6.07) is 26.2. The van der Waals surface area contributed by atoms with Crippen LogP contribution in [-0.2, 0) is 15.9 Å². The van der Waals surface area contributed by atoms with Crippen molar-refractivity contribution < 1.29 is 9.53 Å². The summed E-state index contributed by atoms with van der Waals surface area (Å²) >= 11 is 7.69. The number of rotatable bonds is 7. The monoisotopic (exact) mass is 451 g/mol. The van der Waals surface area contributed by atoms with Gasteiger partial charge in [-0.25, -0.2) is 0 Å². The van der Waals surface area contributed by atoms with E-state index in [-0.39, 0.29) is 11.3 Å². The second kappa shape index (κ2) is 10.4. The van der Waals surface area contributed by atoms with Gasteiger partial charge in [0.25, 0.3) is 5.91 Å². The number of carbonyl (C=O) groups is 1. The molecule has 1 aliphatic rings. The third-order valence-corrected chi connectivity index (χ3v) is 7.19. The molecule has 1 N–H and O–H groups in total. The van der Waals surface area contributed by atoms with Crippen LogP contribution in [0.25, 0.3) is 0 Å². The average molecular weight is 452 g/mol. The van der Waals surface area contributed by atoms with Gasteiger partial charge in [0.15, 0.2) is 0 Å². The first kappa shape index (κ1) is 21.9. The smallest absolute Gasteiger partial charge is 0.251 e. The van der Waals surface area contributed by atoms with Gasteiger partial charge in [0.1, 0.15) is 0 Å². The number of thioether (sulfide) groups is 1. The van der Waals surface area contributed by atoms with Crippen molar-refractivity contribution in [2.75, 3.05) is 19.8 Å². The highest BCUT2D eigenvalue weighted by atomic mass is 35.5. The lowest BCUT2D eigenvalue weighted by atomic mass is 9.74. The molecular formula is C26H26ClNO2S. The number of halogens is 1. The Morgan fingerprint density at radius 1 is 0.935 bits per heavy atom. The van der Waals surface area contributed by atoms with Gasteiger partial charge < -0.3 is 10.1 Å². The Labute approximate surface area is 193 Å². The summed E-state index contributed by atoms with van der Waals surface area (Å²) in [5.41, 5.74) is 3.08. The Kier molecular flexibility index (Phi) is 7.33. The molecule has 0 radical (unpaired) electrons. The van der Waals surface area contributed by atoms with E-state index in [0.29, 0.717) is 12.1 Å². The van der Waals surface area contributed by atoms with E-state index in [0.717, 1.165) is 36.8 Å². The predicted octanol–water partition coefficient (Wildman–Crippen LogP) is 6.11. The second-order valence-corrected chi connectivity index (χ2v) is 9.37. The van der Waals surface area contributed by atoms with Crippen LogP contribution in [0, 0.1) is 0 Å². The first-order valence-electron chi connectivity index (χ1n) is 10.5. The molecule has 3 aromatic rings. The fraction of sp³-hybridized carbons (Fsp3) is 0.269. The van der Waals surface area contributed by atoms with E-state index in [1.165, 1.54) is 16.0 Å². The quantitative estimate of drug-likeness (QED) is 0.440. The molecule has 3 aromatic carbocycles. The Hall–Kier alpha value is -2.27. The number of amides is 1. The van der Waals surface area contributed by atoms with Gasteiger partial charge >= 0.3 is 0 Å². The zero-order chi connectivity index (χ0) is 21.5. The maximum Gasteiger partial charge on any atom is 0.251 e. The molecule has 1 amide bonds. The molecule has 0 aromatic heterocycles. The van der Waals surface area contributed by atoms with Gasteiger partial charge in [-0.05, 0) is 60.4 Å². The van der Waals surface area contributed by atoms with Crippen LogP contribution in [0.15, 0.2) is 83.8 Å². The number of carbonyl (C=O) groups excluding carboxylic acids is 1. The van der Waals surface area contributed by atoms with E-state index in [4.69, 9.17) is 16.3 Å². The summed E-state index contributed by atoms with van der Waals surface area (Å²) in [4.78, 5) is 14.0. The van der Waals surface area contributed by atoms with Crippen LogP contribution in [-0.4, -0.2) is 25.7 Å². The summed E-state index contributed by atoms with van der Waals surface area (Å²) in [7, 11) is 0. The van der Waals surface area contributed by atoms with Crippen molar-refractivity contribution in [1.82, 2.24) is 5.32 Å². The lowest BCUT2D eigenvalue weighted by Gasteiger charge is -2.38. The molecule has 31 heavy (non-hydrogen) atoms. The normalized spacial score (nSPS) is 15.4. The summed E-state index contributed by atoms with van der Waals surface area (Å²) in [6.07, 6.45) is 1.83. The topological polar surface area (TPSA) is 38.3 Å². The summed E-state index contributed by atoms with van der Waals surface area (Å²) in [5, 5.41) is 3.92. The van der Waals surface area contributed by atoms with Gasteiger partial charge in [0, 0.05) is 46.4 Å². The molecule has 1 aliphatic heterocycles. The highest BCUT2D eigenvalue weighted by Crippen LogP contribution is 2.34. The van der Waals surface area contributed by atoms with Crippen LogP contribution in [0.3, 0.4) is 0 Å². The second-order valence-electron chi connectivity index (χ2n) is 7.88.